The third-order valence-corrected chi connectivity index (χ3v) is 9.80. The molecule has 1 saturated carbocycles. The molecule has 61 heavy (non-hydrogen) atoms. The second-order valence-electron chi connectivity index (χ2n) is 14.4. The predicted molar refractivity (Wildman–Crippen MR) is 215 cm³/mol. The fourth-order valence-electron chi connectivity index (χ4n) is 6.61. The first kappa shape index (κ1) is 47.6. The number of alkyl halides is 3. The Morgan fingerprint density at radius 2 is 1.74 bits per heavy atom. The third-order valence-electron chi connectivity index (χ3n) is 9.80. The molecule has 1 amide bonds. The van der Waals surface area contributed by atoms with E-state index in [1.807, 2.05) is 12.2 Å². The van der Waals surface area contributed by atoms with Crippen LogP contribution in [0.1, 0.15) is 67.7 Å². The Morgan fingerprint density at radius 1 is 0.984 bits per heavy atom. The molecule has 0 heterocycles. The summed E-state index contributed by atoms with van der Waals surface area (Å²) in [7, 11) is 1.36. The number of methoxy groups -OCH3 is 1. The lowest BCUT2D eigenvalue weighted by atomic mass is 9.89. The molecule has 1 fully saturated rings. The molecule has 0 spiro atoms. The first-order chi connectivity index (χ1) is 29.0. The van der Waals surface area contributed by atoms with Crippen LogP contribution in [0, 0.1) is 22.0 Å². The number of aryl methyl sites for hydroxylation is 1. The van der Waals surface area contributed by atoms with Crippen LogP contribution in [0.15, 0.2) is 97.1 Å². The third kappa shape index (κ3) is 15.8. The number of amides is 1. The number of ether oxygens (including phenoxy) is 3. The number of carbonyl (C=O) groups is 3. The molecule has 1 unspecified atom stereocenters. The number of unbranched alkanes of at least 4 members (excludes halogenated alkanes) is 1. The lowest BCUT2D eigenvalue weighted by Crippen LogP contribution is -2.40. The van der Waals surface area contributed by atoms with E-state index in [9.17, 15) is 53.0 Å². The number of aliphatic hydroxyl groups excluding tert-OH is 3. The number of hydrogen-bond acceptors (Lipinski definition) is 12. The van der Waals surface area contributed by atoms with Crippen molar-refractivity contribution in [2.75, 3.05) is 7.11 Å². The summed E-state index contributed by atoms with van der Waals surface area (Å²) >= 11 is 0. The first-order valence-electron chi connectivity index (χ1n) is 19.5. The number of benzene rings is 3. The van der Waals surface area contributed by atoms with Crippen LogP contribution in [0.4, 0.5) is 13.2 Å². The van der Waals surface area contributed by atoms with Crippen LogP contribution in [0.5, 0.6) is 17.2 Å². The van der Waals surface area contributed by atoms with Gasteiger partial charge in [0.25, 0.3) is 5.09 Å². The number of halogens is 3. The maximum atomic E-state index is 13.0. The highest BCUT2D eigenvalue weighted by molar-refractivity contribution is 5.89. The summed E-state index contributed by atoms with van der Waals surface area (Å²) in [5, 5.41) is 43.7. The van der Waals surface area contributed by atoms with Gasteiger partial charge in [0, 0.05) is 24.8 Å². The average molecular weight is 855 g/mol. The van der Waals surface area contributed by atoms with Crippen molar-refractivity contribution >= 4 is 23.9 Å². The van der Waals surface area contributed by atoms with Crippen LogP contribution < -0.4 is 19.5 Å². The zero-order chi connectivity index (χ0) is 44.5. The van der Waals surface area contributed by atoms with Crippen molar-refractivity contribution in [2.45, 2.75) is 89.0 Å². The van der Waals surface area contributed by atoms with E-state index in [1.165, 1.54) is 56.5 Å². The van der Waals surface area contributed by atoms with E-state index in [1.54, 1.807) is 30.3 Å². The van der Waals surface area contributed by atoms with Gasteiger partial charge in [-0.3, -0.25) is 4.79 Å². The molecule has 17 heteroatoms. The highest BCUT2D eigenvalue weighted by Crippen LogP contribution is 2.37. The molecule has 1 aliphatic carbocycles. The van der Waals surface area contributed by atoms with E-state index in [2.05, 4.69) is 10.2 Å². The molecule has 0 saturated heterocycles. The Kier molecular flexibility index (Phi) is 18.0. The molecule has 1 aliphatic rings. The quantitative estimate of drug-likeness (QED) is 0.0173. The zero-order valence-electron chi connectivity index (χ0n) is 33.5. The molecule has 0 radical (unpaired) electrons. The van der Waals surface area contributed by atoms with Crippen LogP contribution in [0.3, 0.4) is 0 Å². The minimum atomic E-state index is -4.46. The predicted octanol–water partition coefficient (Wildman–Crippen LogP) is 6.48. The Morgan fingerprint density at radius 3 is 2.48 bits per heavy atom. The molecular weight excluding hydrogens is 805 g/mol. The van der Waals surface area contributed by atoms with Gasteiger partial charge in [-0.25, -0.2) is 9.59 Å². The molecular formula is C44H49F3N2O12. The Bertz CT molecular complexity index is 2050. The standard InChI is InChI=1S/C44H49F3N2O12/c1-28(43(55)61-39-21-16-30(25-40(39)58-2)17-22-42(54)60-34-12-8-10-31(24-34)27-59-49(56)57)48-41(53)14-6-4-3-5-13-35-36(38(52)26-37(35)51)20-19-33(50)18-15-29-9-7-11-32(23-29)44(45,46)47/h3,5,7-12,16-17,19-25,28,33,35-38,50-52H,4,6,13-15,18,26-27H2,1-2H3,(H,48,53)/b5-3-,20-19+,22-17+/t28?,33-,35+,36+,37-,38+/m0/s1. The van der Waals surface area contributed by atoms with Crippen molar-refractivity contribution in [1.29, 1.82) is 0 Å². The SMILES string of the molecule is COc1cc(/C=C/C(=O)Oc2cccc(CO[N+](=O)[O-])c2)ccc1OC(=O)C(C)NC(=O)CCC/C=C\C[C@@H]1[C@@H](/C=C/[C@@H](O)CCc2cccc(C(F)(F)F)c2)[C@H](O)C[C@@H]1O. The number of allylic oxidation sites excluding steroid dienone is 2. The normalized spacial score (nSPS) is 18.9. The highest BCUT2D eigenvalue weighted by atomic mass is 19.4. The molecule has 0 aromatic heterocycles. The van der Waals surface area contributed by atoms with Gasteiger partial charge < -0.3 is 39.7 Å². The monoisotopic (exact) mass is 854 g/mol. The summed E-state index contributed by atoms with van der Waals surface area (Å²) in [6.45, 7) is 1.17. The Hall–Kier alpha value is -6.04. The van der Waals surface area contributed by atoms with Crippen molar-refractivity contribution in [3.63, 3.8) is 0 Å². The van der Waals surface area contributed by atoms with Crippen molar-refractivity contribution in [3.8, 4) is 17.2 Å². The van der Waals surface area contributed by atoms with Gasteiger partial charge in [-0.15, -0.1) is 10.1 Å². The van der Waals surface area contributed by atoms with Gasteiger partial charge in [-0.2, -0.15) is 13.2 Å². The van der Waals surface area contributed by atoms with E-state index in [0.29, 0.717) is 36.0 Å². The van der Waals surface area contributed by atoms with Crippen molar-refractivity contribution in [3.05, 3.63) is 129 Å². The molecule has 0 aliphatic heterocycles. The number of hydrogen-bond donors (Lipinski definition) is 4. The van der Waals surface area contributed by atoms with E-state index in [0.717, 1.165) is 18.2 Å². The number of nitrogens with one attached hydrogen (secondary N) is 1. The lowest BCUT2D eigenvalue weighted by molar-refractivity contribution is -0.763. The van der Waals surface area contributed by atoms with Crippen molar-refractivity contribution < 1.29 is 67.0 Å². The van der Waals surface area contributed by atoms with Gasteiger partial charge in [-0.05, 0) is 98.0 Å². The topological polar surface area (TPSA) is 204 Å². The fraction of sp³-hybridized carbons (Fsp3) is 0.386. The molecule has 4 N–H and O–H groups in total. The maximum Gasteiger partial charge on any atom is 0.416 e. The summed E-state index contributed by atoms with van der Waals surface area (Å²) in [6.07, 6.45) is 4.56. The molecule has 6 atom stereocenters. The van der Waals surface area contributed by atoms with Gasteiger partial charge in [-0.1, -0.05) is 60.7 Å². The largest absolute Gasteiger partial charge is 0.493 e. The average Bonchev–Trinajstić information content (AvgIpc) is 3.49. The van der Waals surface area contributed by atoms with Crippen LogP contribution in [0.25, 0.3) is 6.08 Å². The van der Waals surface area contributed by atoms with Gasteiger partial charge in [0.05, 0.1) is 31.0 Å². The molecule has 328 valence electrons. The molecule has 4 rings (SSSR count). The number of carbonyl (C=O) groups excluding carboxylic acids is 3. The van der Waals surface area contributed by atoms with E-state index >= 15 is 0 Å². The van der Waals surface area contributed by atoms with Crippen LogP contribution in [-0.2, 0) is 38.4 Å². The number of nitrogens with zero attached hydrogens (tertiary/aromatic N) is 1. The summed E-state index contributed by atoms with van der Waals surface area (Å²) in [4.78, 5) is 52.5. The van der Waals surface area contributed by atoms with Crippen molar-refractivity contribution in [1.82, 2.24) is 5.32 Å². The van der Waals surface area contributed by atoms with Crippen LogP contribution >= 0.6 is 0 Å². The molecule has 3 aromatic rings. The number of rotatable bonds is 21. The van der Waals surface area contributed by atoms with Gasteiger partial charge in [0.15, 0.2) is 11.5 Å². The maximum absolute atomic E-state index is 13.0. The highest BCUT2D eigenvalue weighted by Gasteiger charge is 2.39. The lowest BCUT2D eigenvalue weighted by Gasteiger charge is -2.19. The summed E-state index contributed by atoms with van der Waals surface area (Å²) in [6, 6.07) is 14.6. The van der Waals surface area contributed by atoms with Gasteiger partial charge in [0.1, 0.15) is 18.4 Å². The summed E-state index contributed by atoms with van der Waals surface area (Å²) in [5.74, 6) is -2.19. The summed E-state index contributed by atoms with van der Waals surface area (Å²) in [5.41, 5.74) is 0.630. The molecule has 3 aromatic carbocycles. The molecule has 0 bridgehead atoms. The van der Waals surface area contributed by atoms with E-state index in [4.69, 9.17) is 14.2 Å². The second-order valence-corrected chi connectivity index (χ2v) is 14.4. The molecule has 14 nitrogen and oxygen atoms in total. The Labute approximate surface area is 350 Å². The second kappa shape index (κ2) is 23.1. The van der Waals surface area contributed by atoms with E-state index < -0.39 is 59.0 Å². The minimum Gasteiger partial charge on any atom is -0.493 e. The smallest absolute Gasteiger partial charge is 0.416 e. The van der Waals surface area contributed by atoms with Gasteiger partial charge in [0.2, 0.25) is 5.91 Å². The zero-order valence-corrected chi connectivity index (χ0v) is 33.5. The Balaban J connectivity index is 1.17. The summed E-state index contributed by atoms with van der Waals surface area (Å²) < 4.78 is 55.1. The first-order valence-corrected chi connectivity index (χ1v) is 19.5. The number of aliphatic hydroxyl groups is 3. The number of esters is 2. The van der Waals surface area contributed by atoms with Crippen LogP contribution in [-0.4, -0.2) is 69.7 Å². The van der Waals surface area contributed by atoms with Crippen molar-refractivity contribution in [2.24, 2.45) is 11.8 Å². The van der Waals surface area contributed by atoms with Crippen LogP contribution in [0.2, 0.25) is 0 Å². The van der Waals surface area contributed by atoms with Gasteiger partial charge >= 0.3 is 18.1 Å². The fourth-order valence-corrected chi connectivity index (χ4v) is 6.61. The van der Waals surface area contributed by atoms with E-state index in [-0.39, 0.29) is 61.4 Å². The minimum absolute atomic E-state index is 0.0788.